The number of nitrogens with zero attached hydrogens (tertiary/aromatic N) is 2. The van der Waals surface area contributed by atoms with Crippen molar-refractivity contribution >= 4 is 106 Å². The van der Waals surface area contributed by atoms with E-state index in [1.54, 1.807) is 44.3 Å². The molecule has 0 radical (unpaired) electrons. The van der Waals surface area contributed by atoms with E-state index in [2.05, 4.69) is 85.7 Å². The number of aliphatic hydroxyl groups excluding tert-OH is 3. The molecule has 0 aliphatic rings. The van der Waals surface area contributed by atoms with Crippen LogP contribution in [0.1, 0.15) is 89.8 Å². The average molecular weight is 1360 g/mol. The van der Waals surface area contributed by atoms with Crippen LogP contribution in [-0.2, 0) is 75.2 Å². The normalized spacial score (nSPS) is 15.0. The van der Waals surface area contributed by atoms with Crippen molar-refractivity contribution in [1.82, 2.24) is 68.1 Å². The lowest BCUT2D eigenvalue weighted by Crippen LogP contribution is -2.62. The van der Waals surface area contributed by atoms with Crippen molar-refractivity contribution < 1.29 is 82.8 Å². The highest BCUT2D eigenvalue weighted by atomic mass is 32.1. The summed E-state index contributed by atoms with van der Waals surface area (Å²) in [5.41, 5.74) is 34.4. The number of aromatic nitrogens is 3. The first-order valence-electron chi connectivity index (χ1n) is 30.3. The number of rotatable bonds is 44. The zero-order chi connectivity index (χ0) is 71.1. The summed E-state index contributed by atoms with van der Waals surface area (Å²) in [7, 11) is 0. The van der Waals surface area contributed by atoms with Crippen molar-refractivity contribution in [2.45, 2.75) is 164 Å². The van der Waals surface area contributed by atoms with Gasteiger partial charge in [-0.1, -0.05) is 32.0 Å². The van der Waals surface area contributed by atoms with E-state index >= 15 is 0 Å². The van der Waals surface area contributed by atoms with Gasteiger partial charge in [0.15, 0.2) is 5.96 Å². The number of carboxylic acids is 1. The molecule has 38 heteroatoms. The molecule has 12 atom stereocenters. The number of amides is 12. The van der Waals surface area contributed by atoms with E-state index in [4.69, 9.17) is 34.4 Å². The summed E-state index contributed by atoms with van der Waals surface area (Å²) in [4.78, 5) is 190. The minimum Gasteiger partial charge on any atom is -0.481 e. The number of nitrogens with two attached hydrogens (primary N) is 6. The van der Waals surface area contributed by atoms with E-state index in [1.807, 2.05) is 0 Å². The van der Waals surface area contributed by atoms with Crippen LogP contribution in [0.3, 0.4) is 0 Å². The van der Waals surface area contributed by atoms with Gasteiger partial charge in [0.1, 0.15) is 60.4 Å². The highest BCUT2D eigenvalue weighted by Crippen LogP contribution is 2.20. The number of imidazole rings is 1. The number of primary amides is 2. The zero-order valence-electron chi connectivity index (χ0n) is 52.8. The number of carboxylic acid groups (broad SMARTS) is 1. The maximum absolute atomic E-state index is 14.9. The second-order valence-corrected chi connectivity index (χ2v) is 23.0. The molecule has 0 unspecified atom stereocenters. The van der Waals surface area contributed by atoms with Gasteiger partial charge in [0.25, 0.3) is 0 Å². The number of thiol groups is 1. The number of hydrogen-bond donors (Lipinski definition) is 23. The number of para-hydroxylation sites is 1. The number of unbranched alkanes of at least 4 members (excludes halogenated alkanes) is 1. The molecule has 2 heterocycles. The molecule has 0 fully saturated rings. The van der Waals surface area contributed by atoms with Gasteiger partial charge in [-0.2, -0.15) is 12.6 Å². The van der Waals surface area contributed by atoms with Gasteiger partial charge < -0.3 is 118 Å². The van der Waals surface area contributed by atoms with Gasteiger partial charge in [0.05, 0.1) is 38.1 Å². The Labute approximate surface area is 550 Å². The lowest BCUT2D eigenvalue weighted by Gasteiger charge is -2.28. The number of H-pyrrole nitrogens is 2. The molecule has 28 N–H and O–H groups in total. The van der Waals surface area contributed by atoms with Gasteiger partial charge in [-0.15, -0.1) is 0 Å². The van der Waals surface area contributed by atoms with Crippen LogP contribution in [0.5, 0.6) is 0 Å². The number of fused-ring (bicyclic) bond motifs is 1. The van der Waals surface area contributed by atoms with Gasteiger partial charge in [-0.3, -0.25) is 67.3 Å². The molecule has 3 rings (SSSR count). The van der Waals surface area contributed by atoms with Crippen LogP contribution in [0.2, 0.25) is 0 Å². The Kier molecular flexibility index (Phi) is 34.1. The summed E-state index contributed by atoms with van der Waals surface area (Å²) < 4.78 is 0. The third-order valence-corrected chi connectivity index (χ3v) is 14.8. The fourth-order valence-electron chi connectivity index (χ4n) is 9.34. The molecule has 3 aromatic rings. The summed E-state index contributed by atoms with van der Waals surface area (Å²) in [5, 5.41) is 65.0. The topological polar surface area (TPSA) is 636 Å². The minimum absolute atomic E-state index is 0.0136. The van der Waals surface area contributed by atoms with Crippen molar-refractivity contribution in [3.8, 4) is 0 Å². The Morgan fingerprint density at radius 3 is 1.57 bits per heavy atom. The molecule has 0 aliphatic heterocycles. The van der Waals surface area contributed by atoms with Crippen LogP contribution in [0.4, 0.5) is 0 Å². The predicted molar refractivity (Wildman–Crippen MR) is 343 cm³/mol. The molecule has 0 bridgehead atoms. The van der Waals surface area contributed by atoms with Crippen molar-refractivity contribution in [1.29, 1.82) is 0 Å². The summed E-state index contributed by atoms with van der Waals surface area (Å²) in [5.74, 6) is -15.1. The highest BCUT2D eigenvalue weighted by molar-refractivity contribution is 7.80. The molecule has 12 amide bonds. The first-order chi connectivity index (χ1) is 44.9. The molecule has 0 spiro atoms. The molecular weight excluding hydrogens is 1270 g/mol. The maximum Gasteiger partial charge on any atom is 0.305 e. The molecule has 37 nitrogen and oxygen atoms in total. The SMILES string of the molecule is CC(C)C[C@H](NC(=O)[C@H](Cc1c[nH]c2ccccc12)NC(=O)[C@H](Cc1cnc[nH]1)NC(=O)[C@H](CCCCN)NC(=O)[C@H](CCC(N)=O)NC(=O)[C@H](CO)NC(=O)[C@@H](N)CS)C(=O)N[C@@H](CO)C(=O)N[C@@H](CC(=O)O)C(=O)N[C@@H](CCCN=C(N)N)C(=O)N[C@H](C(N)=O)[C@@H](C)O. The van der Waals surface area contributed by atoms with Crippen LogP contribution in [0.15, 0.2) is 48.0 Å². The standard InChI is InChI=1S/C57H90N20O17S/c1-27(2)17-37(51(89)76-42(24-79)56(94)74-40(20-44(82)83)54(92)69-35(12-8-16-65-57(62)63)50(88)77-45(28(3)80)46(61)84)71-52(90)38(18-29-21-66-33-10-5-4-9-31(29)33)72-53(91)39(19-30-22-64-26-67-30)73-48(86)34(11-6-7-15-58)68-49(87)36(13-14-43(60)81)70-55(93)41(23-78)75-47(85)32(59)25-95/h4-5,9-10,21-22,26-28,32,34-42,45,66,78-80,95H,6-8,11-20,23-25,58-59H2,1-3H3,(H2,60,81)(H2,61,84)(H,64,67)(H,68,87)(H,69,92)(H,70,93)(H,71,90)(H,72,91)(H,73,86)(H,74,94)(H,75,85)(H,76,89)(H,77,88)(H,82,83)(H4,62,63,65)/t28-,32+,34+,35+,36+,37+,38+,39+,40+,41+,42+,45+/m1/s1. The van der Waals surface area contributed by atoms with Gasteiger partial charge in [-0.05, 0) is 76.0 Å². The first kappa shape index (κ1) is 79.7. The van der Waals surface area contributed by atoms with E-state index in [1.165, 1.54) is 12.5 Å². The second kappa shape index (κ2) is 40.6. The van der Waals surface area contributed by atoms with Crippen LogP contribution >= 0.6 is 12.6 Å². The molecular formula is C57H90N20O17S. The van der Waals surface area contributed by atoms with Gasteiger partial charge >= 0.3 is 5.97 Å². The van der Waals surface area contributed by atoms with Crippen LogP contribution in [0, 0.1) is 5.92 Å². The molecule has 2 aromatic heterocycles. The summed E-state index contributed by atoms with van der Waals surface area (Å²) >= 11 is 3.96. The largest absolute Gasteiger partial charge is 0.481 e. The number of hydrogen-bond acceptors (Lipinski definition) is 21. The molecule has 526 valence electrons. The Balaban J connectivity index is 2.01. The number of aliphatic hydroxyl groups is 3. The number of guanidine groups is 1. The van der Waals surface area contributed by atoms with Crippen LogP contribution in [0.25, 0.3) is 10.9 Å². The quantitative estimate of drug-likeness (QED) is 0.0108. The number of aromatic amines is 2. The Bertz CT molecular complexity index is 3130. The fraction of sp³-hybridized carbons (Fsp3) is 0.561. The number of carbonyl (C=O) groups excluding carboxylic acids is 12. The summed E-state index contributed by atoms with van der Waals surface area (Å²) in [6, 6.07) is -10.9. The van der Waals surface area contributed by atoms with Gasteiger partial charge in [-0.25, -0.2) is 4.98 Å². The monoisotopic (exact) mass is 1360 g/mol. The molecule has 0 saturated carbocycles. The smallest absolute Gasteiger partial charge is 0.305 e. The van der Waals surface area contributed by atoms with E-state index in [0.29, 0.717) is 28.6 Å². The Hall–Kier alpha value is -9.50. The molecule has 0 aliphatic carbocycles. The van der Waals surface area contributed by atoms with Crippen molar-refractivity contribution in [3.63, 3.8) is 0 Å². The minimum atomic E-state index is -2.01. The van der Waals surface area contributed by atoms with E-state index < -0.39 is 188 Å². The first-order valence-corrected chi connectivity index (χ1v) is 30.9. The summed E-state index contributed by atoms with van der Waals surface area (Å²) in [6.45, 7) is 2.49. The Morgan fingerprint density at radius 2 is 1.06 bits per heavy atom. The van der Waals surface area contributed by atoms with E-state index in [0.717, 1.165) is 6.92 Å². The van der Waals surface area contributed by atoms with E-state index in [9.17, 15) is 82.8 Å². The average Bonchev–Trinajstić information content (AvgIpc) is 1.75. The second-order valence-electron chi connectivity index (χ2n) is 22.6. The van der Waals surface area contributed by atoms with Crippen LogP contribution in [-0.4, -0.2) is 223 Å². The fourth-order valence-corrected chi connectivity index (χ4v) is 9.51. The lowest BCUT2D eigenvalue weighted by molar-refractivity contribution is -0.142. The predicted octanol–water partition coefficient (Wildman–Crippen LogP) is -8.40. The highest BCUT2D eigenvalue weighted by Gasteiger charge is 2.37. The number of nitrogens with one attached hydrogen (secondary N) is 12. The van der Waals surface area contributed by atoms with Crippen LogP contribution < -0.4 is 87.6 Å². The summed E-state index contributed by atoms with van der Waals surface area (Å²) in [6.07, 6.45) is 0.186. The zero-order valence-corrected chi connectivity index (χ0v) is 53.7. The number of carbonyl (C=O) groups is 13. The number of aliphatic imine (C=N–C) groups is 1. The third kappa shape index (κ3) is 27.5. The van der Waals surface area contributed by atoms with Crippen molar-refractivity contribution in [2.24, 2.45) is 45.3 Å². The Morgan fingerprint density at radius 1 is 0.589 bits per heavy atom. The molecule has 1 aromatic carbocycles. The van der Waals surface area contributed by atoms with Gasteiger partial charge in [0, 0.05) is 60.6 Å². The van der Waals surface area contributed by atoms with E-state index in [-0.39, 0.29) is 69.7 Å². The maximum atomic E-state index is 14.9. The lowest BCUT2D eigenvalue weighted by atomic mass is 10.00. The molecule has 0 saturated heterocycles. The molecule has 95 heavy (non-hydrogen) atoms. The third-order valence-electron chi connectivity index (χ3n) is 14.4. The number of benzene rings is 1. The van der Waals surface area contributed by atoms with Crippen molar-refractivity contribution in [2.75, 3.05) is 32.1 Å². The number of aliphatic carboxylic acids is 1. The van der Waals surface area contributed by atoms with Gasteiger partial charge in [0.2, 0.25) is 70.9 Å². The van der Waals surface area contributed by atoms with Crippen molar-refractivity contribution in [3.05, 3.63) is 54.2 Å².